The second kappa shape index (κ2) is 14.4. The summed E-state index contributed by atoms with van der Waals surface area (Å²) in [7, 11) is 0. The number of fused-ring (bicyclic) bond motifs is 1. The first-order valence-electron chi connectivity index (χ1n) is 10.6. The molecular weight excluding hydrogens is 469 g/mol. The van der Waals surface area contributed by atoms with Gasteiger partial charge in [0.1, 0.15) is 11.3 Å². The number of rotatable bonds is 12. The Bertz CT molecular complexity index is 1010. The first-order valence-corrected chi connectivity index (χ1v) is 11.4. The average molecular weight is 503 g/mol. The van der Waals surface area contributed by atoms with Crippen LogP contribution in [-0.4, -0.2) is 29.4 Å². The lowest BCUT2D eigenvalue weighted by Gasteiger charge is -2.09. The van der Waals surface area contributed by atoms with E-state index >= 15 is 0 Å². The molecule has 3 rings (SSSR count). The zero-order chi connectivity index (χ0) is 21.3. The smallest absolute Gasteiger partial charge is 0.308 e. The van der Waals surface area contributed by atoms with Crippen LogP contribution in [0.5, 0.6) is 5.75 Å². The van der Waals surface area contributed by atoms with Crippen molar-refractivity contribution in [3.63, 3.8) is 0 Å². The van der Waals surface area contributed by atoms with E-state index in [2.05, 4.69) is 0 Å². The van der Waals surface area contributed by atoms with Crippen LogP contribution in [-0.2, 0) is 24.1 Å². The summed E-state index contributed by atoms with van der Waals surface area (Å²) < 4.78 is 8.12. The first-order chi connectivity index (χ1) is 14.6. The number of benzene rings is 2. The number of ether oxygens (including phenoxy) is 1. The van der Waals surface area contributed by atoms with E-state index in [1.54, 1.807) is 4.57 Å². The van der Waals surface area contributed by atoms with Gasteiger partial charge in [0.15, 0.2) is 0 Å². The molecule has 0 radical (unpaired) electrons. The first kappa shape index (κ1) is 28.3. The van der Waals surface area contributed by atoms with Gasteiger partial charge in [-0.1, -0.05) is 42.4 Å². The normalized spacial score (nSPS) is 10.7. The number of thiazole rings is 1. The van der Waals surface area contributed by atoms with Crippen molar-refractivity contribution < 1.29 is 9.84 Å². The van der Waals surface area contributed by atoms with Gasteiger partial charge in [0.25, 0.3) is 0 Å². The Kier molecular flexibility index (Phi) is 12.7. The number of halogens is 2. The molecule has 32 heavy (non-hydrogen) atoms. The molecule has 5 N–H and O–H groups in total. The Hall–Kier alpha value is -1.77. The van der Waals surface area contributed by atoms with Crippen molar-refractivity contribution in [3.8, 4) is 5.75 Å². The van der Waals surface area contributed by atoms with Gasteiger partial charge in [0.05, 0.1) is 11.3 Å². The van der Waals surface area contributed by atoms with Gasteiger partial charge in [0, 0.05) is 25.4 Å². The number of hydrogen-bond acceptors (Lipinski definition) is 6. The highest BCUT2D eigenvalue weighted by atomic mass is 35.5. The van der Waals surface area contributed by atoms with Crippen LogP contribution in [0.1, 0.15) is 36.8 Å². The lowest BCUT2D eigenvalue weighted by atomic mass is 10.0. The van der Waals surface area contributed by atoms with Crippen LogP contribution in [0.2, 0.25) is 0 Å². The minimum absolute atomic E-state index is 0. The van der Waals surface area contributed by atoms with Crippen LogP contribution in [0.3, 0.4) is 0 Å². The Morgan fingerprint density at radius 3 is 2.38 bits per heavy atom. The van der Waals surface area contributed by atoms with E-state index in [0.29, 0.717) is 18.6 Å². The largest absolute Gasteiger partial charge is 0.505 e. The predicted molar refractivity (Wildman–Crippen MR) is 139 cm³/mol. The number of aryl methyl sites for hydroxylation is 1. The third-order valence-electron chi connectivity index (χ3n) is 5.24. The zero-order valence-corrected chi connectivity index (χ0v) is 20.6. The van der Waals surface area contributed by atoms with Gasteiger partial charge in [-0.25, -0.2) is 0 Å². The Morgan fingerprint density at radius 1 is 0.938 bits per heavy atom. The number of unbranched alkanes of at least 4 members (excludes halogenated alkanes) is 3. The fourth-order valence-electron chi connectivity index (χ4n) is 3.57. The Morgan fingerprint density at radius 2 is 1.66 bits per heavy atom. The van der Waals surface area contributed by atoms with Crippen LogP contribution in [0, 0.1) is 0 Å². The average Bonchev–Trinajstić information content (AvgIpc) is 3.06. The van der Waals surface area contributed by atoms with Gasteiger partial charge >= 0.3 is 4.87 Å². The van der Waals surface area contributed by atoms with E-state index in [1.165, 1.54) is 5.56 Å². The lowest BCUT2D eigenvalue weighted by molar-refractivity contribution is 0.133. The molecule has 6 nitrogen and oxygen atoms in total. The van der Waals surface area contributed by atoms with E-state index in [1.807, 2.05) is 36.4 Å². The van der Waals surface area contributed by atoms with Crippen molar-refractivity contribution in [2.45, 2.75) is 45.1 Å². The third kappa shape index (κ3) is 7.67. The lowest BCUT2D eigenvalue weighted by Crippen LogP contribution is -2.18. The van der Waals surface area contributed by atoms with Crippen molar-refractivity contribution in [2.75, 3.05) is 25.5 Å². The summed E-state index contributed by atoms with van der Waals surface area (Å²) in [6, 6.07) is 11.8. The van der Waals surface area contributed by atoms with Crippen molar-refractivity contribution in [2.24, 2.45) is 5.73 Å². The highest BCUT2D eigenvalue weighted by molar-refractivity contribution is 7.16. The number of nitrogens with zero attached hydrogens (tertiary/aromatic N) is 1. The monoisotopic (exact) mass is 501 g/mol. The number of aromatic nitrogens is 1. The van der Waals surface area contributed by atoms with Crippen molar-refractivity contribution in [3.05, 3.63) is 57.2 Å². The number of phenols is 1. The molecule has 0 unspecified atom stereocenters. The summed E-state index contributed by atoms with van der Waals surface area (Å²) in [6.07, 6.45) is 5.91. The molecule has 0 saturated heterocycles. The summed E-state index contributed by atoms with van der Waals surface area (Å²) in [5.41, 5.74) is 14.8. The van der Waals surface area contributed by atoms with Crippen LogP contribution in [0.25, 0.3) is 10.2 Å². The fourth-order valence-corrected chi connectivity index (χ4v) is 4.49. The number of anilines is 1. The van der Waals surface area contributed by atoms with Gasteiger partial charge in [-0.2, -0.15) is 0 Å². The zero-order valence-electron chi connectivity index (χ0n) is 18.1. The minimum Gasteiger partial charge on any atom is -0.505 e. The quantitative estimate of drug-likeness (QED) is 0.250. The van der Waals surface area contributed by atoms with Gasteiger partial charge in [0.2, 0.25) is 0 Å². The summed E-state index contributed by atoms with van der Waals surface area (Å²) in [5, 5.41) is 10.7. The van der Waals surface area contributed by atoms with E-state index in [4.69, 9.17) is 16.2 Å². The number of hydrogen-bond donors (Lipinski definition) is 3. The molecule has 178 valence electrons. The Labute approximate surface area is 205 Å². The van der Waals surface area contributed by atoms with Crippen molar-refractivity contribution in [1.29, 1.82) is 0 Å². The van der Waals surface area contributed by atoms with Crippen LogP contribution >= 0.6 is 36.2 Å². The Balaban J connectivity index is 0.00000256. The van der Waals surface area contributed by atoms with Crippen LogP contribution < -0.4 is 16.3 Å². The molecule has 0 aliphatic carbocycles. The fraction of sp³-hybridized carbons (Fsp3) is 0.435. The molecule has 0 aliphatic heterocycles. The molecule has 0 atom stereocenters. The maximum absolute atomic E-state index is 12.1. The topological polar surface area (TPSA) is 104 Å². The van der Waals surface area contributed by atoms with E-state index in [0.717, 1.165) is 79.0 Å². The maximum atomic E-state index is 12.1. The number of nitrogen functional groups attached to an aromatic ring is 1. The van der Waals surface area contributed by atoms with Gasteiger partial charge in [-0.05, 0) is 55.0 Å². The molecule has 0 aliphatic rings. The summed E-state index contributed by atoms with van der Waals surface area (Å²) in [6.45, 7) is 2.29. The third-order valence-corrected chi connectivity index (χ3v) is 6.18. The molecule has 0 saturated carbocycles. The second-order valence-electron chi connectivity index (χ2n) is 7.50. The molecule has 0 spiro atoms. The molecule has 3 aromatic rings. The molecule has 0 bridgehead atoms. The van der Waals surface area contributed by atoms with Gasteiger partial charge < -0.3 is 21.3 Å². The van der Waals surface area contributed by atoms with Gasteiger partial charge in [-0.15, -0.1) is 24.8 Å². The van der Waals surface area contributed by atoms with Crippen molar-refractivity contribution >= 4 is 52.1 Å². The standard InChI is InChI=1S/C23H31N3O3S.2ClH/c24-13-14-26-21-20(30-23(26)28)11-8-18(22(21)27)5-3-1-2-4-15-29-16-12-17-6-9-19(25)10-7-17;;/h6-11,27H,1-5,12-16,24-25H2;2*1H. The van der Waals surface area contributed by atoms with Gasteiger partial charge in [-0.3, -0.25) is 9.36 Å². The minimum atomic E-state index is -0.0701. The summed E-state index contributed by atoms with van der Waals surface area (Å²) in [5.74, 6) is 0.227. The van der Waals surface area contributed by atoms with E-state index in [9.17, 15) is 9.90 Å². The molecule has 2 aromatic carbocycles. The highest BCUT2D eigenvalue weighted by Gasteiger charge is 2.14. The molecular formula is C23H33Cl2N3O3S. The second-order valence-corrected chi connectivity index (χ2v) is 8.49. The van der Waals surface area contributed by atoms with Crippen molar-refractivity contribution in [1.82, 2.24) is 4.57 Å². The van der Waals surface area contributed by atoms with E-state index < -0.39 is 0 Å². The number of aromatic hydroxyl groups is 1. The molecule has 0 amide bonds. The van der Waals surface area contributed by atoms with Crippen LogP contribution in [0.15, 0.2) is 41.2 Å². The number of phenolic OH excluding ortho intramolecular Hbond substituents is 1. The number of nitrogens with two attached hydrogens (primary N) is 2. The predicted octanol–water partition coefficient (Wildman–Crippen LogP) is 4.52. The SMILES string of the molecule is Cl.Cl.NCCn1c(=O)sc2ccc(CCCCCCOCCc3ccc(N)cc3)c(O)c21. The maximum Gasteiger partial charge on any atom is 0.308 e. The van der Waals surface area contributed by atoms with Crippen LogP contribution in [0.4, 0.5) is 5.69 Å². The molecule has 9 heteroatoms. The van der Waals surface area contributed by atoms with E-state index in [-0.39, 0.29) is 35.4 Å². The highest BCUT2D eigenvalue weighted by Crippen LogP contribution is 2.31. The molecule has 1 heterocycles. The summed E-state index contributed by atoms with van der Waals surface area (Å²) >= 11 is 1.15. The molecule has 0 fully saturated rings. The molecule has 1 aromatic heterocycles. The summed E-state index contributed by atoms with van der Waals surface area (Å²) in [4.78, 5) is 12.0.